The quantitative estimate of drug-likeness (QED) is 0.742. The number of hydrogen-bond acceptors (Lipinski definition) is 4. The van der Waals surface area contributed by atoms with Crippen molar-refractivity contribution in [2.75, 3.05) is 6.54 Å². The first kappa shape index (κ1) is 18.6. The smallest absolute Gasteiger partial charge is 0.410 e. The van der Waals surface area contributed by atoms with Crippen molar-refractivity contribution in [3.63, 3.8) is 0 Å². The van der Waals surface area contributed by atoms with Gasteiger partial charge in [0.15, 0.2) is 11.6 Å². The number of rotatable bonds is 5. The van der Waals surface area contributed by atoms with Crippen LogP contribution in [0.25, 0.3) is 11.1 Å². The van der Waals surface area contributed by atoms with Crippen molar-refractivity contribution in [3.05, 3.63) is 47.5 Å². The molecule has 148 valence electrons. The van der Waals surface area contributed by atoms with Crippen molar-refractivity contribution in [1.82, 2.24) is 9.88 Å². The number of benzene rings is 1. The highest BCUT2D eigenvalue weighted by Crippen LogP contribution is 2.41. The molecule has 2 aromatic rings. The first-order valence-electron chi connectivity index (χ1n) is 9.03. The second-order valence-corrected chi connectivity index (χ2v) is 7.25. The molecule has 1 spiro atoms. The maximum atomic E-state index is 13.7. The summed E-state index contributed by atoms with van der Waals surface area (Å²) in [6, 6.07) is 5.58. The summed E-state index contributed by atoms with van der Waals surface area (Å²) in [6.45, 7) is -0.389. The number of carbonyl (C=O) groups excluding carboxylic acids is 1. The number of aryl methyl sites for hydroxylation is 1. The van der Waals surface area contributed by atoms with Gasteiger partial charge >= 0.3 is 12.7 Å². The van der Waals surface area contributed by atoms with Gasteiger partial charge in [-0.05, 0) is 55.5 Å². The number of ether oxygens (including phenoxy) is 2. The highest BCUT2D eigenvalue weighted by molar-refractivity contribution is 5.71. The van der Waals surface area contributed by atoms with E-state index < -0.39 is 18.2 Å². The molecule has 0 atom stereocenters. The van der Waals surface area contributed by atoms with E-state index in [-0.39, 0.29) is 11.7 Å². The normalized spacial score (nSPS) is 17.8. The number of nitrogens with zero attached hydrogens (tertiary/aromatic N) is 2. The van der Waals surface area contributed by atoms with Gasteiger partial charge < -0.3 is 9.47 Å². The lowest BCUT2D eigenvalue weighted by Crippen LogP contribution is -2.41. The molecule has 1 aromatic heterocycles. The van der Waals surface area contributed by atoms with Crippen molar-refractivity contribution in [2.24, 2.45) is 0 Å². The van der Waals surface area contributed by atoms with Crippen LogP contribution in [0.4, 0.5) is 18.0 Å². The Balaban J connectivity index is 1.58. The molecule has 5 nitrogen and oxygen atoms in total. The fourth-order valence-corrected chi connectivity index (χ4v) is 3.62. The number of aromatic nitrogens is 1. The van der Waals surface area contributed by atoms with E-state index in [1.54, 1.807) is 11.1 Å². The van der Waals surface area contributed by atoms with Gasteiger partial charge in [0.1, 0.15) is 5.60 Å². The van der Waals surface area contributed by atoms with E-state index in [9.17, 15) is 18.0 Å². The van der Waals surface area contributed by atoms with Crippen LogP contribution in [0.5, 0.6) is 5.75 Å². The lowest BCUT2D eigenvalue weighted by Gasteiger charge is -2.35. The van der Waals surface area contributed by atoms with Gasteiger partial charge in [0, 0.05) is 17.5 Å². The fraction of sp³-hybridized carbons (Fsp3) is 0.400. The van der Waals surface area contributed by atoms with E-state index >= 15 is 0 Å². The predicted molar refractivity (Wildman–Crippen MR) is 94.5 cm³/mol. The van der Waals surface area contributed by atoms with Gasteiger partial charge in [-0.3, -0.25) is 9.88 Å². The Morgan fingerprint density at radius 2 is 2.07 bits per heavy atom. The molecule has 1 amide bonds. The largest absolute Gasteiger partial charge is 0.441 e. The van der Waals surface area contributed by atoms with Gasteiger partial charge in [0.05, 0.1) is 13.1 Å². The van der Waals surface area contributed by atoms with Gasteiger partial charge in [0.2, 0.25) is 0 Å². The summed E-state index contributed by atoms with van der Waals surface area (Å²) in [6.07, 6.45) is 4.07. The Morgan fingerprint density at radius 1 is 1.29 bits per heavy atom. The number of carbonyl (C=O) groups is 1. The number of alkyl halides is 2. The average Bonchev–Trinajstić information content (AvgIpc) is 2.96. The summed E-state index contributed by atoms with van der Waals surface area (Å²) in [5.41, 5.74) is 2.33. The van der Waals surface area contributed by atoms with Crippen LogP contribution < -0.4 is 4.74 Å². The molecule has 8 heteroatoms. The molecule has 1 aromatic carbocycles. The third-order valence-electron chi connectivity index (χ3n) is 5.34. The van der Waals surface area contributed by atoms with E-state index in [2.05, 4.69) is 9.72 Å². The molecular weight excluding hydrogens is 373 g/mol. The second kappa shape index (κ2) is 7.00. The molecule has 1 saturated heterocycles. The Kier molecular flexibility index (Phi) is 4.64. The number of amides is 1. The highest BCUT2D eigenvalue weighted by atomic mass is 19.3. The van der Waals surface area contributed by atoms with Crippen LogP contribution >= 0.6 is 0 Å². The van der Waals surface area contributed by atoms with Crippen LogP contribution in [-0.4, -0.2) is 34.7 Å². The molecule has 2 heterocycles. The molecule has 0 radical (unpaired) electrons. The zero-order chi connectivity index (χ0) is 19.9. The minimum absolute atomic E-state index is 0.334. The molecule has 1 aliphatic carbocycles. The lowest BCUT2D eigenvalue weighted by atomic mass is 9.80. The molecule has 0 bridgehead atoms. The minimum Gasteiger partial charge on any atom is -0.441 e. The average molecular weight is 392 g/mol. The van der Waals surface area contributed by atoms with Crippen LogP contribution in [0.3, 0.4) is 0 Å². The van der Waals surface area contributed by atoms with Crippen LogP contribution in [0.1, 0.15) is 30.5 Å². The monoisotopic (exact) mass is 392 g/mol. The van der Waals surface area contributed by atoms with Gasteiger partial charge in [0.25, 0.3) is 0 Å². The van der Waals surface area contributed by atoms with Gasteiger partial charge in [-0.1, -0.05) is 6.07 Å². The second-order valence-electron chi connectivity index (χ2n) is 7.25. The first-order valence-corrected chi connectivity index (χ1v) is 9.03. The molecule has 1 aliphatic heterocycles. The van der Waals surface area contributed by atoms with E-state index in [1.807, 2.05) is 13.0 Å². The summed E-state index contributed by atoms with van der Waals surface area (Å²) in [5.74, 6) is -1.39. The molecule has 0 N–H and O–H groups in total. The molecule has 2 aliphatic rings. The number of hydrogen-bond donors (Lipinski definition) is 0. The zero-order valence-electron chi connectivity index (χ0n) is 15.3. The Hall–Kier alpha value is -2.77. The maximum Gasteiger partial charge on any atom is 0.410 e. The fourth-order valence-electron chi connectivity index (χ4n) is 3.62. The summed E-state index contributed by atoms with van der Waals surface area (Å²) < 4.78 is 48.4. The topological polar surface area (TPSA) is 51.7 Å². The van der Waals surface area contributed by atoms with E-state index in [0.717, 1.165) is 36.6 Å². The Bertz CT molecular complexity index is 916. The molecule has 1 saturated carbocycles. The summed E-state index contributed by atoms with van der Waals surface area (Å²) in [5, 5.41) is 0. The van der Waals surface area contributed by atoms with Gasteiger partial charge in [-0.25, -0.2) is 9.18 Å². The van der Waals surface area contributed by atoms with E-state index in [4.69, 9.17) is 4.74 Å². The number of pyridine rings is 1. The van der Waals surface area contributed by atoms with Crippen LogP contribution in [0.15, 0.2) is 30.5 Å². The molecule has 2 fully saturated rings. The van der Waals surface area contributed by atoms with Crippen molar-refractivity contribution in [2.45, 2.75) is 44.9 Å². The molecule has 4 rings (SSSR count). The number of halogens is 3. The SMILES string of the molecule is Cc1ncc(-c2ccc(F)c(OC(F)F)c2)cc1CN1CC2(CCC2)OC1=O. The summed E-state index contributed by atoms with van der Waals surface area (Å²) in [7, 11) is 0. The molecular formula is C20H19F3N2O3. The van der Waals surface area contributed by atoms with Crippen molar-refractivity contribution >= 4 is 6.09 Å². The Morgan fingerprint density at radius 3 is 2.71 bits per heavy atom. The third-order valence-corrected chi connectivity index (χ3v) is 5.34. The van der Waals surface area contributed by atoms with Crippen LogP contribution in [0.2, 0.25) is 0 Å². The minimum atomic E-state index is -3.11. The van der Waals surface area contributed by atoms with Crippen molar-refractivity contribution in [1.29, 1.82) is 0 Å². The van der Waals surface area contributed by atoms with E-state index in [1.165, 1.54) is 12.1 Å². The van der Waals surface area contributed by atoms with Crippen molar-refractivity contribution < 1.29 is 27.4 Å². The van der Waals surface area contributed by atoms with Gasteiger partial charge in [-0.2, -0.15) is 8.78 Å². The molecule has 0 unspecified atom stereocenters. The van der Waals surface area contributed by atoms with Gasteiger partial charge in [-0.15, -0.1) is 0 Å². The van der Waals surface area contributed by atoms with Crippen LogP contribution in [0, 0.1) is 12.7 Å². The third kappa shape index (κ3) is 3.50. The molecule has 28 heavy (non-hydrogen) atoms. The summed E-state index contributed by atoms with van der Waals surface area (Å²) >= 11 is 0. The predicted octanol–water partition coefficient (Wildman–Crippen LogP) is 4.67. The Labute approximate surface area is 160 Å². The summed E-state index contributed by atoms with van der Waals surface area (Å²) in [4.78, 5) is 18.2. The zero-order valence-corrected chi connectivity index (χ0v) is 15.3. The standard InChI is InChI=1S/C20H19F3N2O3/c1-12-15(10-25-11-20(5-2-6-20)28-19(25)26)7-14(9-24-12)13-3-4-16(21)17(8-13)27-18(22)23/h3-4,7-9,18H,2,5-6,10-11H2,1H3. The maximum absolute atomic E-state index is 13.7. The van der Waals surface area contributed by atoms with Crippen LogP contribution in [-0.2, 0) is 11.3 Å². The first-order chi connectivity index (χ1) is 13.3. The van der Waals surface area contributed by atoms with E-state index in [0.29, 0.717) is 24.2 Å². The lowest BCUT2D eigenvalue weighted by molar-refractivity contribution is -0.0521. The highest BCUT2D eigenvalue weighted by Gasteiger charge is 2.49. The van der Waals surface area contributed by atoms with Crippen molar-refractivity contribution in [3.8, 4) is 16.9 Å².